The minimum absolute atomic E-state index is 0. The van der Waals surface area contributed by atoms with Crippen LogP contribution in [0.1, 0.15) is 36.2 Å². The third kappa shape index (κ3) is 8.49. The van der Waals surface area contributed by atoms with Crippen LogP contribution in [0.15, 0.2) is 54.2 Å². The van der Waals surface area contributed by atoms with Crippen molar-refractivity contribution in [2.45, 2.75) is 33.7 Å². The monoisotopic (exact) mass is 583 g/mol. The summed E-state index contributed by atoms with van der Waals surface area (Å²) in [4.78, 5) is 12.0. The van der Waals surface area contributed by atoms with Crippen LogP contribution in [-0.2, 0) is 18.2 Å². The fourth-order valence-electron chi connectivity index (χ4n) is 2.18. The molecule has 0 aliphatic rings. The molecule has 2 heterocycles. The molecule has 0 unspecified atom stereocenters. The molecule has 0 aliphatic heterocycles. The number of rotatable bonds is 8. The van der Waals surface area contributed by atoms with E-state index in [9.17, 15) is 4.79 Å². The number of carbonyl (C=O) groups excluding carboxylic acids is 1. The lowest BCUT2D eigenvalue weighted by Gasteiger charge is -2.03. The summed E-state index contributed by atoms with van der Waals surface area (Å²) in [6.07, 6.45) is 9.31. The highest BCUT2D eigenvalue weighted by molar-refractivity contribution is 5.95. The van der Waals surface area contributed by atoms with Crippen LogP contribution in [0.25, 0.3) is 0 Å². The van der Waals surface area contributed by atoms with Gasteiger partial charge >= 0.3 is 0 Å². The first kappa shape index (κ1) is 24.9. The molecule has 0 saturated heterocycles. The zero-order valence-electron chi connectivity index (χ0n) is 14.8. The van der Waals surface area contributed by atoms with Crippen LogP contribution < -0.4 is 57.1 Å². The zero-order valence-corrected chi connectivity index (χ0v) is 19.1. The van der Waals surface area contributed by atoms with Crippen LogP contribution in [-0.4, -0.2) is 17.2 Å². The van der Waals surface area contributed by atoms with Crippen LogP contribution >= 0.6 is 0 Å². The van der Waals surface area contributed by atoms with Gasteiger partial charge in [-0.3, -0.25) is 9.53 Å². The summed E-state index contributed by atoms with van der Waals surface area (Å²) in [5, 5.41) is 11.4. The fraction of sp³-hybridized carbons (Fsp3) is 0.333. The molecule has 1 N–H and O–H groups in total. The SMILES string of the molecule is CC(C)CC(=O)c1cc[n+](COC[n+]2ccc(/C=N/O)cc2)cc1.[I-].[I-]. The van der Waals surface area contributed by atoms with Crippen LogP contribution in [0.4, 0.5) is 0 Å². The minimum atomic E-state index is 0. The molecule has 0 aliphatic carbocycles. The summed E-state index contributed by atoms with van der Waals surface area (Å²) in [6.45, 7) is 4.87. The quantitative estimate of drug-likeness (QED) is 0.0861. The van der Waals surface area contributed by atoms with Gasteiger partial charge in [0.2, 0.25) is 0 Å². The van der Waals surface area contributed by atoms with Gasteiger partial charge in [0.05, 0.1) is 6.21 Å². The number of ketones is 1. The van der Waals surface area contributed by atoms with Gasteiger partial charge in [0.25, 0.3) is 13.5 Å². The number of nitrogens with zero attached hydrogens (tertiary/aromatic N) is 3. The second-order valence-electron chi connectivity index (χ2n) is 5.97. The van der Waals surface area contributed by atoms with E-state index in [0.29, 0.717) is 25.8 Å². The normalized spacial score (nSPS) is 10.4. The van der Waals surface area contributed by atoms with Crippen molar-refractivity contribution in [3.05, 3.63) is 60.2 Å². The van der Waals surface area contributed by atoms with Gasteiger partial charge in [-0.05, 0) is 5.92 Å². The van der Waals surface area contributed by atoms with Crippen molar-refractivity contribution in [2.24, 2.45) is 11.1 Å². The summed E-state index contributed by atoms with van der Waals surface area (Å²) in [6, 6.07) is 7.30. The van der Waals surface area contributed by atoms with Crippen molar-refractivity contribution in [3.8, 4) is 0 Å². The van der Waals surface area contributed by atoms with Gasteiger partial charge in [-0.15, -0.1) is 0 Å². The predicted octanol–water partition coefficient (Wildman–Crippen LogP) is -4.06. The summed E-state index contributed by atoms with van der Waals surface area (Å²) < 4.78 is 9.37. The Morgan fingerprint density at radius 3 is 2.04 bits per heavy atom. The molecule has 2 rings (SSSR count). The minimum Gasteiger partial charge on any atom is -1.00 e. The van der Waals surface area contributed by atoms with E-state index < -0.39 is 0 Å². The Bertz CT molecular complexity index is 690. The molecule has 0 aromatic carbocycles. The number of carbonyl (C=O) groups is 1. The molecule has 2 aromatic rings. The summed E-state index contributed by atoms with van der Waals surface area (Å²) in [5.41, 5.74) is 1.54. The van der Waals surface area contributed by atoms with Gasteiger partial charge in [0.15, 0.2) is 30.6 Å². The highest BCUT2D eigenvalue weighted by atomic mass is 127. The van der Waals surface area contributed by atoms with Gasteiger partial charge in [0.1, 0.15) is 0 Å². The Balaban J connectivity index is 0.00000312. The topological polar surface area (TPSA) is 66.7 Å². The summed E-state index contributed by atoms with van der Waals surface area (Å²) >= 11 is 0. The number of oxime groups is 1. The molecule has 0 saturated carbocycles. The molecule has 26 heavy (non-hydrogen) atoms. The van der Waals surface area contributed by atoms with Gasteiger partial charge in [-0.2, -0.15) is 9.13 Å². The van der Waals surface area contributed by atoms with Crippen molar-refractivity contribution in [2.75, 3.05) is 0 Å². The van der Waals surface area contributed by atoms with E-state index in [2.05, 4.69) is 5.16 Å². The average molecular weight is 583 g/mol. The number of hydrogen-bond donors (Lipinski definition) is 1. The van der Waals surface area contributed by atoms with Crippen molar-refractivity contribution in [1.82, 2.24) is 0 Å². The zero-order chi connectivity index (χ0) is 17.4. The number of pyridine rings is 2. The molecule has 0 amide bonds. The number of ether oxygens (including phenoxy) is 1. The average Bonchev–Trinajstić information content (AvgIpc) is 2.57. The van der Waals surface area contributed by atoms with E-state index in [4.69, 9.17) is 9.94 Å². The van der Waals surface area contributed by atoms with Crippen molar-refractivity contribution in [1.29, 1.82) is 0 Å². The second kappa shape index (κ2) is 13.1. The van der Waals surface area contributed by atoms with Gasteiger partial charge in [-0.1, -0.05) is 19.0 Å². The highest BCUT2D eigenvalue weighted by Gasteiger charge is 2.10. The molecule has 0 atom stereocenters. The molecule has 142 valence electrons. The lowest BCUT2D eigenvalue weighted by atomic mass is 10.0. The highest BCUT2D eigenvalue weighted by Crippen LogP contribution is 2.07. The van der Waals surface area contributed by atoms with E-state index in [1.165, 1.54) is 6.21 Å². The van der Waals surface area contributed by atoms with Gasteiger partial charge in [-0.25, -0.2) is 0 Å². The van der Waals surface area contributed by atoms with E-state index in [1.807, 2.05) is 72.0 Å². The van der Waals surface area contributed by atoms with Crippen molar-refractivity contribution in [3.63, 3.8) is 0 Å². The van der Waals surface area contributed by atoms with Gasteiger partial charge < -0.3 is 53.2 Å². The molecule has 0 spiro atoms. The van der Waals surface area contributed by atoms with E-state index >= 15 is 0 Å². The molecule has 2 aromatic heterocycles. The first-order valence-electron chi connectivity index (χ1n) is 7.85. The fourth-order valence-corrected chi connectivity index (χ4v) is 2.18. The van der Waals surface area contributed by atoms with Crippen LogP contribution in [0.3, 0.4) is 0 Å². The molecule has 0 bridgehead atoms. The molecule has 8 heteroatoms. The van der Waals surface area contributed by atoms with Crippen molar-refractivity contribution >= 4 is 12.0 Å². The summed E-state index contributed by atoms with van der Waals surface area (Å²) in [7, 11) is 0. The van der Waals surface area contributed by atoms with E-state index in [1.54, 1.807) is 0 Å². The molecule has 0 fully saturated rings. The standard InChI is InChI=1S/C18H22N3O3.2HI/c1-15(2)11-18(22)17-5-9-21(10-6-17)14-24-13-20-7-3-16(4-8-20)12-19-23;;/h3-10,12,15H,11,13-14H2,1-2H3;2*1H/q+1;;/p-1. The Labute approximate surface area is 187 Å². The third-order valence-electron chi connectivity index (χ3n) is 3.41. The third-order valence-corrected chi connectivity index (χ3v) is 3.41. The van der Waals surface area contributed by atoms with E-state index in [-0.39, 0.29) is 53.7 Å². The Morgan fingerprint density at radius 2 is 1.58 bits per heavy atom. The van der Waals surface area contributed by atoms with Crippen LogP contribution in [0.5, 0.6) is 0 Å². The predicted molar refractivity (Wildman–Crippen MR) is 87.5 cm³/mol. The second-order valence-corrected chi connectivity index (χ2v) is 5.97. The molecular weight excluding hydrogens is 560 g/mol. The van der Waals surface area contributed by atoms with Crippen LogP contribution in [0, 0.1) is 5.92 Å². The lowest BCUT2D eigenvalue weighted by molar-refractivity contribution is -0.788. The Kier molecular flexibility index (Phi) is 12.5. The number of aromatic nitrogens is 2. The van der Waals surface area contributed by atoms with E-state index in [0.717, 1.165) is 11.1 Å². The molecular formula is C18H23I2N3O3. The first-order chi connectivity index (χ1) is 11.6. The van der Waals surface area contributed by atoms with Crippen LogP contribution in [0.2, 0.25) is 0 Å². The van der Waals surface area contributed by atoms with Gasteiger partial charge in [0, 0.05) is 41.8 Å². The number of hydrogen-bond acceptors (Lipinski definition) is 4. The maximum absolute atomic E-state index is 12.0. The smallest absolute Gasteiger partial charge is 0.257 e. The van der Waals surface area contributed by atoms with Crippen molar-refractivity contribution < 1.29 is 71.8 Å². The maximum Gasteiger partial charge on any atom is 0.257 e. The molecule has 0 radical (unpaired) electrons. The number of Topliss-reactive ketones (excluding diaryl/α,β-unsaturated/α-hetero) is 1. The lowest BCUT2D eigenvalue weighted by Crippen LogP contribution is -3.00. The Hall–Kier alpha value is -1.14. The first-order valence-corrected chi connectivity index (χ1v) is 7.85. The number of halogens is 2. The largest absolute Gasteiger partial charge is 1.00 e. The Morgan fingerprint density at radius 1 is 1.08 bits per heavy atom. The molecule has 6 nitrogen and oxygen atoms in total. The summed E-state index contributed by atoms with van der Waals surface area (Å²) in [5.74, 6) is 0.528. The maximum atomic E-state index is 12.0.